The molecule has 0 rings (SSSR count). The Bertz CT molecular complexity index is 116. The molecule has 12 heavy (non-hydrogen) atoms. The first-order chi connectivity index (χ1) is 5.81. The first-order valence-electron chi connectivity index (χ1n) is 4.80. The lowest BCUT2D eigenvalue weighted by Gasteiger charge is -2.00. The molecule has 0 nitrogen and oxygen atoms in total. The van der Waals surface area contributed by atoms with Crippen LogP contribution in [0.3, 0.4) is 0 Å². The van der Waals surface area contributed by atoms with E-state index in [2.05, 4.69) is 26.8 Å². The highest BCUT2D eigenvalue weighted by Gasteiger charge is 1.90. The summed E-state index contributed by atoms with van der Waals surface area (Å²) >= 11 is 2.03. The highest BCUT2D eigenvalue weighted by atomic mass is 32.2. The van der Waals surface area contributed by atoms with Gasteiger partial charge in [0, 0.05) is 0 Å². The third-order valence-electron chi connectivity index (χ3n) is 1.89. The lowest BCUT2D eigenvalue weighted by molar-refractivity contribution is 0.793. The molecule has 71 valence electrons. The minimum Gasteiger partial charge on any atom is -0.162 e. The maximum Gasteiger partial charge on any atom is -0.00674 e. The molecule has 0 N–H and O–H groups in total. The summed E-state index contributed by atoms with van der Waals surface area (Å²) in [5.41, 5.74) is 1.53. The highest BCUT2D eigenvalue weighted by Crippen LogP contribution is 2.10. The van der Waals surface area contributed by atoms with Crippen molar-refractivity contribution in [3.8, 4) is 0 Å². The summed E-state index contributed by atoms with van der Waals surface area (Å²) in [5, 5.41) is 0. The molecule has 0 aromatic carbocycles. The first kappa shape index (κ1) is 12.1. The molecule has 0 aromatic heterocycles. The van der Waals surface area contributed by atoms with Gasteiger partial charge in [-0.15, -0.1) is 0 Å². The Kier molecular flexibility index (Phi) is 9.25. The van der Waals surface area contributed by atoms with Crippen molar-refractivity contribution < 1.29 is 0 Å². The summed E-state index contributed by atoms with van der Waals surface area (Å²) < 4.78 is 0. The van der Waals surface area contributed by atoms with Crippen molar-refractivity contribution in [1.82, 2.24) is 0 Å². The number of allylic oxidation sites excluding steroid dienone is 2. The van der Waals surface area contributed by atoms with Crippen molar-refractivity contribution in [2.45, 2.75) is 39.5 Å². The SMILES string of the molecule is [CH2]CCSCCCCC(C)=CC. The van der Waals surface area contributed by atoms with Crippen molar-refractivity contribution in [1.29, 1.82) is 0 Å². The largest absolute Gasteiger partial charge is 0.162 e. The topological polar surface area (TPSA) is 0 Å². The molecule has 0 atom stereocenters. The van der Waals surface area contributed by atoms with Gasteiger partial charge in [-0.25, -0.2) is 0 Å². The number of rotatable bonds is 7. The van der Waals surface area contributed by atoms with Crippen LogP contribution >= 0.6 is 11.8 Å². The van der Waals surface area contributed by atoms with E-state index in [4.69, 9.17) is 0 Å². The Labute approximate surface area is 81.8 Å². The first-order valence-corrected chi connectivity index (χ1v) is 5.95. The van der Waals surface area contributed by atoms with Gasteiger partial charge >= 0.3 is 0 Å². The Morgan fingerprint density at radius 3 is 2.67 bits per heavy atom. The molecule has 0 aliphatic carbocycles. The predicted octanol–water partition coefficient (Wildman–Crippen LogP) is 4.08. The lowest BCUT2D eigenvalue weighted by Crippen LogP contribution is -1.84. The maximum atomic E-state index is 3.82. The highest BCUT2D eigenvalue weighted by molar-refractivity contribution is 7.99. The standard InChI is InChI=1S/C11H21S/c1-4-9-12-10-7-6-8-11(3)5-2/h5H,1,4,6-10H2,2-3H3. The number of unbranched alkanes of at least 4 members (excludes halogenated alkanes) is 1. The maximum absolute atomic E-state index is 3.82. The van der Waals surface area contributed by atoms with Crippen LogP contribution in [0.5, 0.6) is 0 Å². The van der Waals surface area contributed by atoms with E-state index in [1.807, 2.05) is 11.8 Å². The molecule has 0 amide bonds. The molecule has 0 bridgehead atoms. The summed E-state index contributed by atoms with van der Waals surface area (Å²) in [6, 6.07) is 0. The van der Waals surface area contributed by atoms with E-state index < -0.39 is 0 Å². The van der Waals surface area contributed by atoms with Gasteiger partial charge in [0.05, 0.1) is 0 Å². The molecular weight excluding hydrogens is 164 g/mol. The molecule has 0 heterocycles. The molecule has 0 aliphatic rings. The minimum atomic E-state index is 1.07. The van der Waals surface area contributed by atoms with Crippen LogP contribution in [0.1, 0.15) is 39.5 Å². The minimum absolute atomic E-state index is 1.07. The molecule has 0 spiro atoms. The van der Waals surface area contributed by atoms with Crippen LogP contribution in [0, 0.1) is 6.92 Å². The molecule has 0 saturated carbocycles. The van der Waals surface area contributed by atoms with Crippen LogP contribution in [0.2, 0.25) is 0 Å². The van der Waals surface area contributed by atoms with Gasteiger partial charge in [0.25, 0.3) is 0 Å². The second kappa shape index (κ2) is 9.18. The summed E-state index contributed by atoms with van der Waals surface area (Å²) in [4.78, 5) is 0. The molecule has 1 radical (unpaired) electrons. The fraction of sp³-hybridized carbons (Fsp3) is 0.727. The van der Waals surface area contributed by atoms with E-state index in [1.165, 1.54) is 36.3 Å². The predicted molar refractivity (Wildman–Crippen MR) is 60.6 cm³/mol. The zero-order chi connectivity index (χ0) is 9.23. The average Bonchev–Trinajstić information content (AvgIpc) is 2.10. The molecular formula is C11H21S. The number of thioether (sulfide) groups is 1. The smallest absolute Gasteiger partial charge is 0.00674 e. The van der Waals surface area contributed by atoms with Gasteiger partial charge in [0.2, 0.25) is 0 Å². The monoisotopic (exact) mass is 185 g/mol. The Morgan fingerprint density at radius 1 is 1.33 bits per heavy atom. The molecule has 0 saturated heterocycles. The van der Waals surface area contributed by atoms with Gasteiger partial charge in [-0.2, -0.15) is 11.8 Å². The van der Waals surface area contributed by atoms with Gasteiger partial charge < -0.3 is 0 Å². The molecule has 0 fully saturated rings. The molecule has 0 aromatic rings. The van der Waals surface area contributed by atoms with Crippen LogP contribution in [0.15, 0.2) is 11.6 Å². The Morgan fingerprint density at radius 2 is 2.08 bits per heavy atom. The summed E-state index contributed by atoms with van der Waals surface area (Å²) in [6.45, 7) is 8.14. The van der Waals surface area contributed by atoms with E-state index in [1.54, 1.807) is 0 Å². The molecule has 1 heteroatoms. The van der Waals surface area contributed by atoms with Gasteiger partial charge in [0.1, 0.15) is 0 Å². The molecule has 0 aliphatic heterocycles. The third kappa shape index (κ3) is 8.19. The number of hydrogen-bond acceptors (Lipinski definition) is 1. The van der Waals surface area contributed by atoms with Crippen LogP contribution in [-0.4, -0.2) is 11.5 Å². The van der Waals surface area contributed by atoms with Crippen molar-refractivity contribution in [3.05, 3.63) is 18.6 Å². The zero-order valence-electron chi connectivity index (χ0n) is 8.44. The van der Waals surface area contributed by atoms with Gasteiger partial charge in [0.15, 0.2) is 0 Å². The van der Waals surface area contributed by atoms with Crippen LogP contribution in [0.25, 0.3) is 0 Å². The van der Waals surface area contributed by atoms with Crippen LogP contribution in [0.4, 0.5) is 0 Å². The quantitative estimate of drug-likeness (QED) is 0.425. The second-order valence-electron chi connectivity index (χ2n) is 3.06. The van der Waals surface area contributed by atoms with Crippen molar-refractivity contribution in [2.75, 3.05) is 11.5 Å². The third-order valence-corrected chi connectivity index (χ3v) is 3.05. The summed E-state index contributed by atoms with van der Waals surface area (Å²) in [6.07, 6.45) is 7.26. The van der Waals surface area contributed by atoms with E-state index in [0.717, 1.165) is 6.42 Å². The van der Waals surface area contributed by atoms with E-state index in [0.29, 0.717) is 0 Å². The van der Waals surface area contributed by atoms with Gasteiger partial charge in [-0.1, -0.05) is 18.6 Å². The van der Waals surface area contributed by atoms with Crippen molar-refractivity contribution >= 4 is 11.8 Å². The van der Waals surface area contributed by atoms with E-state index >= 15 is 0 Å². The van der Waals surface area contributed by atoms with Gasteiger partial charge in [-0.3, -0.25) is 0 Å². The van der Waals surface area contributed by atoms with Crippen molar-refractivity contribution in [3.63, 3.8) is 0 Å². The van der Waals surface area contributed by atoms with Crippen LogP contribution in [-0.2, 0) is 0 Å². The zero-order valence-corrected chi connectivity index (χ0v) is 9.25. The Hall–Kier alpha value is 0.0900. The fourth-order valence-corrected chi connectivity index (χ4v) is 1.77. The summed E-state index contributed by atoms with van der Waals surface area (Å²) in [7, 11) is 0. The normalized spacial score (nSPS) is 12.1. The fourth-order valence-electron chi connectivity index (χ4n) is 0.956. The Balaban J connectivity index is 3.00. The van der Waals surface area contributed by atoms with Crippen molar-refractivity contribution in [2.24, 2.45) is 0 Å². The number of hydrogen-bond donors (Lipinski definition) is 0. The molecule has 0 unspecified atom stereocenters. The summed E-state index contributed by atoms with van der Waals surface area (Å²) in [5.74, 6) is 2.54. The van der Waals surface area contributed by atoms with Crippen LogP contribution < -0.4 is 0 Å². The van der Waals surface area contributed by atoms with Gasteiger partial charge in [-0.05, 0) is 51.0 Å². The lowest BCUT2D eigenvalue weighted by atomic mass is 10.1. The second-order valence-corrected chi connectivity index (χ2v) is 4.28. The van der Waals surface area contributed by atoms with E-state index in [9.17, 15) is 0 Å². The van der Waals surface area contributed by atoms with E-state index in [-0.39, 0.29) is 0 Å². The average molecular weight is 185 g/mol.